The lowest BCUT2D eigenvalue weighted by atomic mass is 9.75. The van der Waals surface area contributed by atoms with Crippen molar-refractivity contribution in [2.45, 2.75) is 103 Å². The molecule has 2 unspecified atom stereocenters. The molecule has 0 amide bonds. The maximum absolute atomic E-state index is 14.6. The van der Waals surface area contributed by atoms with Gasteiger partial charge in [-0.3, -0.25) is 0 Å². The van der Waals surface area contributed by atoms with E-state index >= 15 is 0 Å². The zero-order valence-corrected chi connectivity index (χ0v) is 21.2. The molecule has 190 valence electrons. The van der Waals surface area contributed by atoms with E-state index in [1.165, 1.54) is 64.2 Å². The largest absolute Gasteiger partial charge is 0.491 e. The minimum Gasteiger partial charge on any atom is -0.491 e. The highest BCUT2D eigenvalue weighted by Gasteiger charge is 2.33. The van der Waals surface area contributed by atoms with Crippen LogP contribution in [0.15, 0.2) is 24.3 Å². The van der Waals surface area contributed by atoms with Crippen LogP contribution >= 0.6 is 0 Å². The fourth-order valence-corrected chi connectivity index (χ4v) is 6.62. The van der Waals surface area contributed by atoms with Crippen LogP contribution < -0.4 is 4.74 Å². The predicted octanol–water partition coefficient (Wildman–Crippen LogP) is 8.60. The van der Waals surface area contributed by atoms with Crippen molar-refractivity contribution >= 4 is 0 Å². The van der Waals surface area contributed by atoms with Crippen LogP contribution in [0.2, 0.25) is 0 Å². The van der Waals surface area contributed by atoms with E-state index in [9.17, 15) is 8.78 Å². The summed E-state index contributed by atoms with van der Waals surface area (Å²) in [7, 11) is 0. The van der Waals surface area contributed by atoms with Gasteiger partial charge in [0.05, 0.1) is 19.3 Å². The van der Waals surface area contributed by atoms with Gasteiger partial charge in [-0.2, -0.15) is 4.39 Å². The molecule has 4 heteroatoms. The molecule has 0 spiro atoms. The Hall–Kier alpha value is -1.42. The van der Waals surface area contributed by atoms with E-state index in [0.717, 1.165) is 30.6 Å². The van der Waals surface area contributed by atoms with Gasteiger partial charge in [0, 0.05) is 5.92 Å². The zero-order valence-electron chi connectivity index (χ0n) is 21.2. The van der Waals surface area contributed by atoms with Crippen LogP contribution in [0.4, 0.5) is 8.78 Å². The number of hydrogen-bond acceptors (Lipinski definition) is 2. The molecule has 0 aromatic heterocycles. The number of rotatable bonds is 8. The molecule has 3 fully saturated rings. The highest BCUT2D eigenvalue weighted by Crippen LogP contribution is 2.40. The van der Waals surface area contributed by atoms with Gasteiger partial charge in [-0.25, -0.2) is 4.39 Å². The molecule has 4 rings (SSSR count). The average molecular weight is 475 g/mol. The highest BCUT2D eigenvalue weighted by atomic mass is 19.2. The molecule has 1 heterocycles. The molecular weight excluding hydrogens is 430 g/mol. The van der Waals surface area contributed by atoms with Crippen LogP contribution in [0.3, 0.4) is 0 Å². The summed E-state index contributed by atoms with van der Waals surface area (Å²) in [5.41, 5.74) is 0.428. The maximum Gasteiger partial charge on any atom is 0.200 e. The molecule has 0 radical (unpaired) electrons. The lowest BCUT2D eigenvalue weighted by Crippen LogP contribution is -2.33. The molecule has 0 N–H and O–H groups in total. The van der Waals surface area contributed by atoms with Gasteiger partial charge in [-0.1, -0.05) is 38.0 Å². The smallest absolute Gasteiger partial charge is 0.200 e. The Morgan fingerprint density at radius 1 is 0.853 bits per heavy atom. The molecule has 1 aromatic carbocycles. The highest BCUT2D eigenvalue weighted by molar-refractivity contribution is 5.33. The van der Waals surface area contributed by atoms with E-state index in [4.69, 9.17) is 9.47 Å². The summed E-state index contributed by atoms with van der Waals surface area (Å²) in [6.07, 6.45) is 20.4. The number of halogens is 2. The summed E-state index contributed by atoms with van der Waals surface area (Å²) in [4.78, 5) is 0. The normalized spacial score (nSPS) is 32.7. The third-order valence-corrected chi connectivity index (χ3v) is 8.71. The van der Waals surface area contributed by atoms with Crippen LogP contribution in [0.1, 0.15) is 102 Å². The minimum absolute atomic E-state index is 0.00617. The van der Waals surface area contributed by atoms with Gasteiger partial charge < -0.3 is 9.47 Å². The van der Waals surface area contributed by atoms with Crippen molar-refractivity contribution in [1.82, 2.24) is 0 Å². The van der Waals surface area contributed by atoms with Crippen molar-refractivity contribution in [3.63, 3.8) is 0 Å². The van der Waals surface area contributed by atoms with E-state index in [1.54, 1.807) is 19.1 Å². The van der Waals surface area contributed by atoms with Crippen molar-refractivity contribution in [2.24, 2.45) is 23.7 Å². The molecule has 2 aliphatic carbocycles. The van der Waals surface area contributed by atoms with E-state index in [2.05, 4.69) is 19.1 Å². The van der Waals surface area contributed by atoms with Crippen LogP contribution in [-0.2, 0) is 4.74 Å². The second kappa shape index (κ2) is 12.5. The molecule has 3 aliphatic rings. The van der Waals surface area contributed by atoms with Gasteiger partial charge in [0.15, 0.2) is 11.6 Å². The van der Waals surface area contributed by atoms with E-state index < -0.39 is 11.6 Å². The fraction of sp³-hybridized carbons (Fsp3) is 0.733. The first-order valence-corrected chi connectivity index (χ1v) is 14.0. The molecule has 2 nitrogen and oxygen atoms in total. The van der Waals surface area contributed by atoms with Crippen molar-refractivity contribution in [3.8, 4) is 5.75 Å². The molecule has 1 saturated heterocycles. The van der Waals surface area contributed by atoms with Gasteiger partial charge in [0.1, 0.15) is 0 Å². The molecule has 2 saturated carbocycles. The lowest BCUT2D eigenvalue weighted by Gasteiger charge is -2.37. The molecule has 1 aromatic rings. The summed E-state index contributed by atoms with van der Waals surface area (Å²) < 4.78 is 40.3. The third-order valence-electron chi connectivity index (χ3n) is 8.71. The minimum atomic E-state index is -0.873. The average Bonchev–Trinajstić information content (AvgIpc) is 2.87. The lowest BCUT2D eigenvalue weighted by molar-refractivity contribution is -0.0424. The van der Waals surface area contributed by atoms with Crippen molar-refractivity contribution in [3.05, 3.63) is 41.5 Å². The Morgan fingerprint density at radius 3 is 2.12 bits per heavy atom. The Kier molecular flexibility index (Phi) is 9.45. The van der Waals surface area contributed by atoms with E-state index in [-0.39, 0.29) is 17.8 Å². The standard InChI is InChI=1S/C30H44F2O2/c1-3-5-21-6-8-22(9-7-21)10-11-23-12-14-24(15-13-23)27-18-16-25(20-34-27)26-17-19-28(33-4-2)30(32)29(26)31/h10-11,17,19,21-25,27H,3-9,12-16,18,20H2,1-2H3/b11-10+. The van der Waals surface area contributed by atoms with Gasteiger partial charge >= 0.3 is 0 Å². The summed E-state index contributed by atoms with van der Waals surface area (Å²) in [6.45, 7) is 4.88. The van der Waals surface area contributed by atoms with Crippen LogP contribution in [0.5, 0.6) is 5.75 Å². The molecule has 2 atom stereocenters. The van der Waals surface area contributed by atoms with Gasteiger partial charge in [0.25, 0.3) is 0 Å². The molecular formula is C30H44F2O2. The fourth-order valence-electron chi connectivity index (χ4n) is 6.62. The summed E-state index contributed by atoms with van der Waals surface area (Å²) in [6, 6.07) is 3.22. The van der Waals surface area contributed by atoms with E-state index in [1.807, 2.05) is 0 Å². The van der Waals surface area contributed by atoms with Gasteiger partial charge in [-0.05, 0) is 106 Å². The van der Waals surface area contributed by atoms with Gasteiger partial charge in [-0.15, -0.1) is 0 Å². The Labute approximate surface area is 205 Å². The Bertz CT molecular complexity index is 783. The SMILES string of the molecule is CCCC1CCC(/C=C/C2CCC(C3CCC(c4ccc(OCC)c(F)c4F)CO3)CC2)CC1. The second-order valence-corrected chi connectivity index (χ2v) is 11.0. The zero-order chi connectivity index (χ0) is 23.9. The number of benzene rings is 1. The first kappa shape index (κ1) is 25.7. The third kappa shape index (κ3) is 6.42. The molecule has 0 bridgehead atoms. The number of ether oxygens (including phenoxy) is 2. The van der Waals surface area contributed by atoms with Crippen LogP contribution in [0, 0.1) is 35.3 Å². The molecule has 34 heavy (non-hydrogen) atoms. The van der Waals surface area contributed by atoms with E-state index in [0.29, 0.717) is 24.7 Å². The summed E-state index contributed by atoms with van der Waals surface area (Å²) >= 11 is 0. The number of allylic oxidation sites excluding steroid dienone is 2. The van der Waals surface area contributed by atoms with Crippen LogP contribution in [-0.4, -0.2) is 19.3 Å². The predicted molar refractivity (Wildman–Crippen MR) is 134 cm³/mol. The molecule has 1 aliphatic heterocycles. The Balaban J connectivity index is 1.20. The number of hydrogen-bond donors (Lipinski definition) is 0. The van der Waals surface area contributed by atoms with Gasteiger partial charge in [0.2, 0.25) is 5.82 Å². The first-order chi connectivity index (χ1) is 16.6. The summed E-state index contributed by atoms with van der Waals surface area (Å²) in [5, 5.41) is 0. The monoisotopic (exact) mass is 474 g/mol. The van der Waals surface area contributed by atoms with Crippen LogP contribution in [0.25, 0.3) is 0 Å². The van der Waals surface area contributed by atoms with Crippen molar-refractivity contribution in [2.75, 3.05) is 13.2 Å². The summed E-state index contributed by atoms with van der Waals surface area (Å²) in [5.74, 6) is 1.38. The topological polar surface area (TPSA) is 18.5 Å². The van der Waals surface area contributed by atoms with Crippen molar-refractivity contribution < 1.29 is 18.3 Å². The first-order valence-electron chi connectivity index (χ1n) is 14.0. The van der Waals surface area contributed by atoms with Crippen molar-refractivity contribution in [1.29, 1.82) is 0 Å². The quantitative estimate of drug-likeness (QED) is 0.351. The maximum atomic E-state index is 14.6. The Morgan fingerprint density at radius 2 is 1.53 bits per heavy atom. The second-order valence-electron chi connectivity index (χ2n) is 11.0.